The molecule has 2 fully saturated rings. The minimum Gasteiger partial charge on any atom is -0.444 e. The van der Waals surface area contributed by atoms with Gasteiger partial charge < -0.3 is 14.4 Å². The second kappa shape index (κ2) is 4.31. The van der Waals surface area contributed by atoms with Crippen LogP contribution in [0.3, 0.4) is 0 Å². The van der Waals surface area contributed by atoms with E-state index >= 15 is 0 Å². The first-order valence-electron chi connectivity index (χ1n) is 6.37. The Morgan fingerprint density at radius 3 is 2.18 bits per heavy atom. The van der Waals surface area contributed by atoms with E-state index in [0.717, 1.165) is 32.0 Å². The lowest BCUT2D eigenvalue weighted by molar-refractivity contribution is -0.113. The fraction of sp³-hybridized carbons (Fsp3) is 0.846. The van der Waals surface area contributed by atoms with Crippen LogP contribution in [0.2, 0.25) is 0 Å². The normalized spacial score (nSPS) is 32.4. The van der Waals surface area contributed by atoms with E-state index in [9.17, 15) is 9.59 Å². The highest BCUT2D eigenvalue weighted by Crippen LogP contribution is 2.38. The molecule has 0 aliphatic carbocycles. The van der Waals surface area contributed by atoms with Gasteiger partial charge in [0, 0.05) is 18.0 Å². The van der Waals surface area contributed by atoms with Crippen LogP contribution < -0.4 is 0 Å². The molecule has 4 heteroatoms. The topological polar surface area (TPSA) is 46.6 Å². The summed E-state index contributed by atoms with van der Waals surface area (Å²) in [5.41, 5.74) is -0.446. The quantitative estimate of drug-likeness (QED) is 0.660. The van der Waals surface area contributed by atoms with Crippen LogP contribution in [-0.4, -0.2) is 35.0 Å². The summed E-state index contributed by atoms with van der Waals surface area (Å²) in [5.74, 6) is 0.131. The zero-order chi connectivity index (χ0) is 12.6. The molecule has 0 unspecified atom stereocenters. The Labute approximate surface area is 102 Å². The standard InChI is InChI=1S/C13H21NO3/c1-13(2,3)17-12(16)14-10-4-5-11(14)7-9(6-10)8-15/h8-11H,4-7H2,1-3H3/t10-,11-/m0/s1. The van der Waals surface area contributed by atoms with Crippen LogP contribution in [0.5, 0.6) is 0 Å². The summed E-state index contributed by atoms with van der Waals surface area (Å²) >= 11 is 0. The van der Waals surface area contributed by atoms with E-state index in [1.54, 1.807) is 0 Å². The molecule has 0 saturated carbocycles. The molecule has 0 N–H and O–H groups in total. The first kappa shape index (κ1) is 12.4. The summed E-state index contributed by atoms with van der Waals surface area (Å²) in [7, 11) is 0. The summed E-state index contributed by atoms with van der Waals surface area (Å²) in [6, 6.07) is 0.414. The lowest BCUT2D eigenvalue weighted by Crippen LogP contribution is -2.48. The average Bonchev–Trinajstić information content (AvgIpc) is 2.47. The van der Waals surface area contributed by atoms with Crippen LogP contribution in [0.25, 0.3) is 0 Å². The van der Waals surface area contributed by atoms with Crippen molar-refractivity contribution in [2.24, 2.45) is 5.92 Å². The molecule has 4 nitrogen and oxygen atoms in total. The molecule has 96 valence electrons. The van der Waals surface area contributed by atoms with Crippen molar-refractivity contribution in [2.45, 2.75) is 64.1 Å². The van der Waals surface area contributed by atoms with E-state index in [1.165, 1.54) is 0 Å². The Bertz CT molecular complexity index is 307. The number of rotatable bonds is 1. The van der Waals surface area contributed by atoms with Gasteiger partial charge in [-0.1, -0.05) is 0 Å². The smallest absolute Gasteiger partial charge is 0.410 e. The predicted molar refractivity (Wildman–Crippen MR) is 63.7 cm³/mol. The molecule has 0 aromatic heterocycles. The Hall–Kier alpha value is -1.06. The second-order valence-electron chi connectivity index (χ2n) is 6.14. The molecule has 2 aliphatic rings. The number of carbonyl (C=O) groups is 2. The number of hydrogen-bond acceptors (Lipinski definition) is 3. The van der Waals surface area contributed by atoms with Gasteiger partial charge in [0.2, 0.25) is 0 Å². The lowest BCUT2D eigenvalue weighted by atomic mass is 9.92. The summed E-state index contributed by atoms with van der Waals surface area (Å²) in [6.45, 7) is 5.64. The summed E-state index contributed by atoms with van der Waals surface area (Å²) < 4.78 is 5.43. The first-order valence-corrected chi connectivity index (χ1v) is 6.37. The minimum atomic E-state index is -0.446. The summed E-state index contributed by atoms with van der Waals surface area (Å²) in [6.07, 6.45) is 4.45. The number of carbonyl (C=O) groups excluding carboxylic acids is 2. The maximum atomic E-state index is 12.1. The van der Waals surface area contributed by atoms with Crippen LogP contribution in [0.15, 0.2) is 0 Å². The number of fused-ring (bicyclic) bond motifs is 2. The number of aldehydes is 1. The highest BCUT2D eigenvalue weighted by molar-refractivity contribution is 5.70. The maximum Gasteiger partial charge on any atom is 0.410 e. The first-order chi connectivity index (χ1) is 7.90. The van der Waals surface area contributed by atoms with Gasteiger partial charge in [-0.25, -0.2) is 4.79 Å². The second-order valence-corrected chi connectivity index (χ2v) is 6.14. The van der Waals surface area contributed by atoms with E-state index in [1.807, 2.05) is 25.7 Å². The number of hydrogen-bond donors (Lipinski definition) is 0. The molecule has 2 aliphatic heterocycles. The molecule has 2 saturated heterocycles. The Balaban J connectivity index is 2.04. The fourth-order valence-electron chi connectivity index (χ4n) is 2.94. The van der Waals surface area contributed by atoms with E-state index < -0.39 is 5.60 Å². The number of piperidine rings is 1. The van der Waals surface area contributed by atoms with Crippen molar-refractivity contribution < 1.29 is 14.3 Å². The maximum absolute atomic E-state index is 12.1. The summed E-state index contributed by atoms with van der Waals surface area (Å²) in [5, 5.41) is 0. The van der Waals surface area contributed by atoms with Gasteiger partial charge in [-0.2, -0.15) is 0 Å². The predicted octanol–water partition coefficient (Wildman–Crippen LogP) is 2.36. The Morgan fingerprint density at radius 2 is 1.76 bits per heavy atom. The van der Waals surface area contributed by atoms with Gasteiger partial charge in [0.05, 0.1) is 0 Å². The molecule has 2 bridgehead atoms. The van der Waals surface area contributed by atoms with Crippen LogP contribution in [0.1, 0.15) is 46.5 Å². The zero-order valence-electron chi connectivity index (χ0n) is 10.8. The molecule has 2 rings (SSSR count). The van der Waals surface area contributed by atoms with Crippen molar-refractivity contribution >= 4 is 12.4 Å². The van der Waals surface area contributed by atoms with E-state index in [2.05, 4.69) is 0 Å². The van der Waals surface area contributed by atoms with Crippen molar-refractivity contribution in [3.8, 4) is 0 Å². The zero-order valence-corrected chi connectivity index (χ0v) is 10.8. The number of ether oxygens (including phenoxy) is 1. The summed E-state index contributed by atoms with van der Waals surface area (Å²) in [4.78, 5) is 24.8. The van der Waals surface area contributed by atoms with E-state index in [0.29, 0.717) is 0 Å². The molecular weight excluding hydrogens is 218 g/mol. The third kappa shape index (κ3) is 2.61. The van der Waals surface area contributed by atoms with Crippen LogP contribution in [0, 0.1) is 5.92 Å². The van der Waals surface area contributed by atoms with Crippen LogP contribution in [-0.2, 0) is 9.53 Å². The Morgan fingerprint density at radius 1 is 1.24 bits per heavy atom. The molecule has 0 radical (unpaired) electrons. The Kier molecular flexibility index (Phi) is 3.15. The van der Waals surface area contributed by atoms with Crippen molar-refractivity contribution in [2.75, 3.05) is 0 Å². The van der Waals surface area contributed by atoms with Gasteiger partial charge in [0.15, 0.2) is 0 Å². The SMILES string of the molecule is CC(C)(C)OC(=O)N1[C@H]2CC[C@H]1CC(C=O)C2. The lowest BCUT2D eigenvalue weighted by Gasteiger charge is -2.38. The van der Waals surface area contributed by atoms with Gasteiger partial charge in [0.25, 0.3) is 0 Å². The van der Waals surface area contributed by atoms with Crippen LogP contribution in [0.4, 0.5) is 4.79 Å². The van der Waals surface area contributed by atoms with Gasteiger partial charge in [0.1, 0.15) is 11.9 Å². The minimum absolute atomic E-state index is 0.131. The number of nitrogens with zero attached hydrogens (tertiary/aromatic N) is 1. The molecule has 2 atom stereocenters. The third-order valence-electron chi connectivity index (χ3n) is 3.57. The fourth-order valence-corrected chi connectivity index (χ4v) is 2.94. The van der Waals surface area contributed by atoms with Crippen molar-refractivity contribution in [1.29, 1.82) is 0 Å². The largest absolute Gasteiger partial charge is 0.444 e. The van der Waals surface area contributed by atoms with Crippen LogP contribution >= 0.6 is 0 Å². The molecule has 2 heterocycles. The monoisotopic (exact) mass is 239 g/mol. The van der Waals surface area contributed by atoms with Gasteiger partial charge in [-0.3, -0.25) is 0 Å². The highest BCUT2D eigenvalue weighted by Gasteiger charge is 2.44. The molecule has 0 spiro atoms. The molecular formula is C13H21NO3. The number of amides is 1. The van der Waals surface area contributed by atoms with Crippen molar-refractivity contribution in [3.05, 3.63) is 0 Å². The van der Waals surface area contributed by atoms with E-state index in [4.69, 9.17) is 4.74 Å². The molecule has 0 aromatic carbocycles. The highest BCUT2D eigenvalue weighted by atomic mass is 16.6. The van der Waals surface area contributed by atoms with Gasteiger partial charge in [-0.05, 0) is 46.5 Å². The van der Waals surface area contributed by atoms with Gasteiger partial charge in [-0.15, -0.1) is 0 Å². The molecule has 1 amide bonds. The van der Waals surface area contributed by atoms with Crippen molar-refractivity contribution in [3.63, 3.8) is 0 Å². The van der Waals surface area contributed by atoms with Gasteiger partial charge >= 0.3 is 6.09 Å². The van der Waals surface area contributed by atoms with E-state index in [-0.39, 0.29) is 24.1 Å². The molecule has 17 heavy (non-hydrogen) atoms. The molecule has 0 aromatic rings. The third-order valence-corrected chi connectivity index (χ3v) is 3.57. The average molecular weight is 239 g/mol. The van der Waals surface area contributed by atoms with Crippen molar-refractivity contribution in [1.82, 2.24) is 4.90 Å².